The highest BCUT2D eigenvalue weighted by Gasteiger charge is 2.09. The molecule has 0 saturated carbocycles. The number of azide groups is 2. The van der Waals surface area contributed by atoms with Crippen molar-refractivity contribution in [1.29, 1.82) is 0 Å². The summed E-state index contributed by atoms with van der Waals surface area (Å²) in [4.78, 5) is 6.02. The predicted octanol–water partition coefficient (Wildman–Crippen LogP) is 2.54. The van der Waals surface area contributed by atoms with Crippen molar-refractivity contribution < 1.29 is 16.8 Å². The molecule has 0 spiro atoms. The Morgan fingerprint density at radius 1 is 0.762 bits per heavy atom. The van der Waals surface area contributed by atoms with E-state index in [9.17, 15) is 16.8 Å². The molecule has 0 amide bonds. The summed E-state index contributed by atoms with van der Waals surface area (Å²) >= 11 is 0. The van der Waals surface area contributed by atoms with Gasteiger partial charge in [0.2, 0.25) is 0 Å². The maximum Gasteiger partial charge on any atom is 0.321 e. The SMILES string of the molecule is [N-]=[N+]=NS(=O)(=O)N=[N+]=[N-].[N-]=[N+]=NS(=O)(=O)c1ccccc1. The lowest BCUT2D eigenvalue weighted by Crippen LogP contribution is -1.93. The Labute approximate surface area is 117 Å². The molecule has 0 heterocycles. The van der Waals surface area contributed by atoms with Gasteiger partial charge in [-0.25, -0.2) is 16.8 Å². The van der Waals surface area contributed by atoms with E-state index in [1.165, 1.54) is 12.1 Å². The van der Waals surface area contributed by atoms with E-state index >= 15 is 0 Å². The first-order valence-corrected chi connectivity index (χ1v) is 7.37. The molecule has 0 fully saturated rings. The van der Waals surface area contributed by atoms with Gasteiger partial charge in [0.1, 0.15) is 0 Å². The molecule has 13 nitrogen and oxygen atoms in total. The maximum absolute atomic E-state index is 11.0. The Hall–Kier alpha value is -2.95. The molecule has 110 valence electrons. The van der Waals surface area contributed by atoms with E-state index in [1.807, 2.05) is 9.82 Å². The molecule has 15 heteroatoms. The van der Waals surface area contributed by atoms with E-state index in [-0.39, 0.29) is 4.90 Å². The van der Waals surface area contributed by atoms with Gasteiger partial charge >= 0.3 is 10.2 Å². The molecule has 0 bridgehead atoms. The van der Waals surface area contributed by atoms with Crippen molar-refractivity contribution in [2.24, 2.45) is 13.6 Å². The van der Waals surface area contributed by atoms with Gasteiger partial charge in [0.15, 0.2) is 0 Å². The quantitative estimate of drug-likeness (QED) is 0.461. The molecule has 0 N–H and O–H groups in total. The van der Waals surface area contributed by atoms with E-state index in [4.69, 9.17) is 16.6 Å². The summed E-state index contributed by atoms with van der Waals surface area (Å²) in [5.41, 5.74) is 23.0. The summed E-state index contributed by atoms with van der Waals surface area (Å²) in [5, 5.41) is 0. The minimum Gasteiger partial charge on any atom is -0.216 e. The Morgan fingerprint density at radius 2 is 1.19 bits per heavy atom. The van der Waals surface area contributed by atoms with Crippen LogP contribution in [-0.4, -0.2) is 16.8 Å². The van der Waals surface area contributed by atoms with E-state index < -0.39 is 20.2 Å². The van der Waals surface area contributed by atoms with E-state index in [0.29, 0.717) is 0 Å². The van der Waals surface area contributed by atoms with Crippen LogP contribution >= 0.6 is 0 Å². The molecule has 0 saturated heterocycles. The van der Waals surface area contributed by atoms with Gasteiger partial charge < -0.3 is 0 Å². The molecule has 1 aromatic rings. The number of sulfonamides is 1. The van der Waals surface area contributed by atoms with Crippen molar-refractivity contribution in [3.8, 4) is 0 Å². The molecule has 0 radical (unpaired) electrons. The lowest BCUT2D eigenvalue weighted by atomic mass is 10.4. The minimum absolute atomic E-state index is 0.00259. The molecule has 0 atom stereocenters. The number of hydrogen-bond donors (Lipinski definition) is 0. The highest BCUT2D eigenvalue weighted by atomic mass is 32.2. The lowest BCUT2D eigenvalue weighted by molar-refractivity contribution is 0.596. The van der Waals surface area contributed by atoms with Crippen molar-refractivity contribution in [2.75, 3.05) is 0 Å². The zero-order valence-electron chi connectivity index (χ0n) is 9.86. The van der Waals surface area contributed by atoms with Gasteiger partial charge in [-0.15, -0.1) is 0 Å². The monoisotopic (exact) mass is 331 g/mol. The van der Waals surface area contributed by atoms with E-state index in [1.54, 1.807) is 18.2 Å². The van der Waals surface area contributed by atoms with Crippen molar-refractivity contribution in [1.82, 2.24) is 0 Å². The summed E-state index contributed by atoms with van der Waals surface area (Å²) < 4.78 is 49.0. The molecular formula is C6H5N9O4S2. The second-order valence-corrected chi connectivity index (χ2v) is 5.56. The first-order valence-electron chi connectivity index (χ1n) is 4.53. The van der Waals surface area contributed by atoms with Crippen LogP contribution in [0.15, 0.2) is 48.8 Å². The molecule has 1 aromatic carbocycles. The fourth-order valence-electron chi connectivity index (χ4n) is 0.796. The average Bonchev–Trinajstić information content (AvgIpc) is 2.40. The van der Waals surface area contributed by atoms with E-state index in [2.05, 4.69) is 18.5 Å². The Morgan fingerprint density at radius 3 is 1.57 bits per heavy atom. The van der Waals surface area contributed by atoms with Crippen molar-refractivity contribution >= 4 is 20.2 Å². The van der Waals surface area contributed by atoms with Crippen LogP contribution in [0.4, 0.5) is 0 Å². The smallest absolute Gasteiger partial charge is 0.216 e. The van der Waals surface area contributed by atoms with Gasteiger partial charge in [-0.2, -0.15) is 0 Å². The predicted molar refractivity (Wildman–Crippen MR) is 70.0 cm³/mol. The van der Waals surface area contributed by atoms with Gasteiger partial charge in [0.25, 0.3) is 10.0 Å². The van der Waals surface area contributed by atoms with Crippen LogP contribution in [0.1, 0.15) is 0 Å². The van der Waals surface area contributed by atoms with Crippen LogP contribution < -0.4 is 0 Å². The molecule has 21 heavy (non-hydrogen) atoms. The number of hydrogen-bond acceptors (Lipinski definition) is 4. The van der Waals surface area contributed by atoms with Crippen LogP contribution in [-0.2, 0) is 20.2 Å². The summed E-state index contributed by atoms with van der Waals surface area (Å²) in [6, 6.07) is 7.52. The van der Waals surface area contributed by atoms with Gasteiger partial charge in [0.05, 0.1) is 4.90 Å². The summed E-state index contributed by atoms with van der Waals surface area (Å²) in [6.07, 6.45) is 0. The second-order valence-electron chi connectivity index (χ2n) is 2.75. The van der Waals surface area contributed by atoms with Crippen LogP contribution in [0.3, 0.4) is 0 Å². The normalized spacial score (nSPS) is 9.71. The molecule has 1 rings (SSSR count). The third-order valence-corrected chi connectivity index (χ3v) is 3.18. The van der Waals surface area contributed by atoms with Crippen LogP contribution in [0, 0.1) is 0 Å². The Bertz CT molecular complexity index is 803. The summed E-state index contributed by atoms with van der Waals surface area (Å²) in [5.74, 6) is 0. The maximum atomic E-state index is 11.0. The lowest BCUT2D eigenvalue weighted by Gasteiger charge is -1.93. The standard InChI is InChI=1S/C6H5N3O2S.N6O2S/c7-8-9-12(10,11)6-4-2-1-3-5-6;1-3-5-9(7,8)6-4-2/h1-5H;. The summed E-state index contributed by atoms with van der Waals surface area (Å²) in [6.45, 7) is 0. The molecule has 0 aromatic heterocycles. The summed E-state index contributed by atoms with van der Waals surface area (Å²) in [7, 11) is -8.07. The molecular weight excluding hydrogens is 326 g/mol. The fraction of sp³-hybridized carbons (Fsp3) is 0. The van der Waals surface area contributed by atoms with Gasteiger partial charge in [0, 0.05) is 28.3 Å². The van der Waals surface area contributed by atoms with Gasteiger partial charge in [-0.05, 0) is 28.7 Å². The molecule has 0 aliphatic rings. The Kier molecular flexibility index (Phi) is 7.11. The highest BCUT2D eigenvalue weighted by Crippen LogP contribution is 2.10. The third kappa shape index (κ3) is 7.27. The first-order chi connectivity index (χ1) is 9.79. The van der Waals surface area contributed by atoms with Crippen LogP contribution in [0.5, 0.6) is 0 Å². The topological polar surface area (TPSA) is 215 Å². The number of benzene rings is 1. The number of nitrogens with zero attached hydrogens (tertiary/aromatic N) is 9. The van der Waals surface area contributed by atoms with Crippen LogP contribution in [0.2, 0.25) is 0 Å². The Balaban J connectivity index is 0.000000400. The van der Waals surface area contributed by atoms with Gasteiger partial charge in [-0.3, -0.25) is 0 Å². The molecule has 0 aliphatic carbocycles. The van der Waals surface area contributed by atoms with Crippen molar-refractivity contribution in [3.05, 3.63) is 61.7 Å². The van der Waals surface area contributed by atoms with Gasteiger partial charge in [-0.1, -0.05) is 18.2 Å². The van der Waals surface area contributed by atoms with Crippen molar-refractivity contribution in [2.45, 2.75) is 4.90 Å². The molecule has 0 unspecified atom stereocenters. The zero-order chi connectivity index (χ0) is 16.4. The fourth-order valence-corrected chi connectivity index (χ4v) is 1.71. The second kappa shape index (κ2) is 8.27. The third-order valence-electron chi connectivity index (χ3n) is 1.46. The van der Waals surface area contributed by atoms with Crippen LogP contribution in [0.25, 0.3) is 31.3 Å². The van der Waals surface area contributed by atoms with E-state index in [0.717, 1.165) is 0 Å². The first kappa shape index (κ1) is 18.0. The number of rotatable bonds is 4. The zero-order valence-corrected chi connectivity index (χ0v) is 11.5. The minimum atomic E-state index is -4.27. The highest BCUT2D eigenvalue weighted by molar-refractivity contribution is 7.90. The average molecular weight is 331 g/mol. The largest absolute Gasteiger partial charge is 0.321 e. The van der Waals surface area contributed by atoms with Crippen molar-refractivity contribution in [3.63, 3.8) is 0 Å². The molecule has 0 aliphatic heterocycles.